The molecular formula is C112H6. The van der Waals surface area contributed by atoms with Gasteiger partial charge in [0, 0.05) is 545 Å². The molecule has 0 aliphatic carbocycles. The highest BCUT2D eigenvalue weighted by molar-refractivity contribution is 5.57. The molecular weight excluding hydrogens is 1350 g/mol. The van der Waals surface area contributed by atoms with E-state index in [1.807, 2.05) is 0 Å². The van der Waals surface area contributed by atoms with Gasteiger partial charge in [0.05, 0.1) is 0 Å². The molecule has 0 saturated heterocycles. The molecule has 0 saturated carbocycles. The van der Waals surface area contributed by atoms with Crippen LogP contribution in [0.1, 0.15) is 13.8 Å². The van der Waals surface area contributed by atoms with Crippen molar-refractivity contribution in [3.63, 3.8) is 0 Å². The Morgan fingerprint density at radius 2 is 0.0714 bits per heavy atom. The number of rotatable bonds is 0. The van der Waals surface area contributed by atoms with E-state index in [9.17, 15) is 0 Å². The lowest BCUT2D eigenvalue weighted by Gasteiger charge is -1.58. The molecule has 0 radical (unpaired) electrons. The zero-order chi connectivity index (χ0) is 79.8. The molecule has 0 amide bonds. The fraction of sp³-hybridized carbons (Fsp3) is 0.0179. The fourth-order valence-corrected chi connectivity index (χ4v) is 3.44. The molecule has 0 heterocycles. The van der Waals surface area contributed by atoms with Gasteiger partial charge >= 0.3 is 0 Å². The summed E-state index contributed by atoms with van der Waals surface area (Å²) in [5.41, 5.74) is 0. The van der Waals surface area contributed by atoms with E-state index in [1.54, 1.807) is 13.8 Å². The topological polar surface area (TPSA) is 0 Å². The van der Waals surface area contributed by atoms with Crippen LogP contribution in [-0.4, -0.2) is 0 Å². The second-order valence-electron chi connectivity index (χ2n) is 14.0. The van der Waals surface area contributed by atoms with Gasteiger partial charge in [0.25, 0.3) is 0 Å². The van der Waals surface area contributed by atoms with Crippen LogP contribution < -0.4 is 0 Å². The highest BCUT2D eigenvalue weighted by Crippen LogP contribution is 1.68. The largest absolute Gasteiger partial charge is 0.0925 e. The molecule has 0 fully saturated rings. The molecule has 0 aliphatic heterocycles. The third-order valence-electron chi connectivity index (χ3n) is 6.94. The van der Waals surface area contributed by atoms with Crippen LogP contribution in [0.2, 0.25) is 0 Å². The van der Waals surface area contributed by atoms with E-state index in [4.69, 9.17) is 0 Å². The first kappa shape index (κ1) is 87.8. The smallest absolute Gasteiger partial charge is 0 e. The maximum Gasteiger partial charge on any atom is 0 e. The Bertz CT molecular complexity index is 7450. The maximum absolute atomic E-state index is 2.63. The predicted octanol–water partition coefficient (Wildman–Crippen LogP) is 1.21. The predicted molar refractivity (Wildman–Crippen MR) is 439 cm³/mol. The average molecular weight is 1350 g/mol. The Kier molecular flexibility index (Phi) is 68.0. The van der Waals surface area contributed by atoms with Crippen LogP contribution in [-0.2, 0) is 0 Å². The Hall–Kier alpha value is -24.2. The molecule has 0 nitrogen and oxygen atoms in total. The second-order valence-corrected chi connectivity index (χ2v) is 14.0. The Labute approximate surface area is 660 Å². The van der Waals surface area contributed by atoms with Crippen LogP contribution in [0, 0.1) is 651 Å². The third-order valence-corrected chi connectivity index (χ3v) is 6.94. The van der Waals surface area contributed by atoms with Gasteiger partial charge in [-0.1, -0.05) is 11.8 Å². The molecule has 0 N–H and O–H groups in total. The first-order valence-electron chi connectivity index (χ1n) is 28.2. The van der Waals surface area contributed by atoms with Crippen LogP contribution in [0.5, 0.6) is 0 Å². The monoisotopic (exact) mass is 1350 g/mol. The Morgan fingerprint density at radius 3 is 0.0982 bits per heavy atom. The molecule has 0 bridgehead atoms. The van der Waals surface area contributed by atoms with Crippen LogP contribution in [0.15, 0.2) is 0 Å². The normalized spacial score (nSPS) is 3.98. The third kappa shape index (κ3) is 85.8. The minimum atomic E-state index is 1.68. The van der Waals surface area contributed by atoms with Gasteiger partial charge in [-0.15, -0.1) is 0 Å². The summed E-state index contributed by atoms with van der Waals surface area (Å²) in [7, 11) is 0. The molecule has 0 rings (SSSR count). The minimum absolute atomic E-state index is 1.68. The van der Waals surface area contributed by atoms with Crippen LogP contribution in [0.25, 0.3) is 0 Å². The molecule has 0 atom stereocenters. The van der Waals surface area contributed by atoms with Crippen molar-refractivity contribution in [1.29, 1.82) is 0 Å². The highest BCUT2D eigenvalue weighted by Gasteiger charge is 1.68. The Balaban J connectivity index is 4.64. The number of hydrogen-bond acceptors (Lipinski definition) is 0. The summed E-state index contributed by atoms with van der Waals surface area (Å²) in [5.74, 6) is 276. The van der Waals surface area contributed by atoms with E-state index in [0.717, 1.165) is 0 Å². The summed E-state index contributed by atoms with van der Waals surface area (Å²) in [4.78, 5) is 0. The molecule has 0 aliphatic rings. The summed E-state index contributed by atoms with van der Waals surface area (Å²) < 4.78 is 0. The van der Waals surface area contributed by atoms with Crippen molar-refractivity contribution in [2.45, 2.75) is 13.8 Å². The van der Waals surface area contributed by atoms with Gasteiger partial charge in [-0.05, 0) is 109 Å². The van der Waals surface area contributed by atoms with Crippen molar-refractivity contribution in [3.8, 4) is 651 Å². The van der Waals surface area contributed by atoms with Gasteiger partial charge in [0.15, 0.2) is 0 Å². The fourth-order valence-electron chi connectivity index (χ4n) is 3.44. The van der Waals surface area contributed by atoms with Gasteiger partial charge < -0.3 is 0 Å². The van der Waals surface area contributed by atoms with Crippen molar-refractivity contribution in [2.75, 3.05) is 0 Å². The van der Waals surface area contributed by atoms with Crippen molar-refractivity contribution in [2.24, 2.45) is 0 Å². The van der Waals surface area contributed by atoms with Gasteiger partial charge in [-0.3, -0.25) is 0 Å². The van der Waals surface area contributed by atoms with Crippen molar-refractivity contribution in [3.05, 3.63) is 0 Å². The summed E-state index contributed by atoms with van der Waals surface area (Å²) in [6.45, 7) is 3.36. The second kappa shape index (κ2) is 86.8. The zero-order valence-corrected chi connectivity index (χ0v) is 57.0. The van der Waals surface area contributed by atoms with Gasteiger partial charge in [-0.25, -0.2) is 0 Å². The van der Waals surface area contributed by atoms with E-state index in [-0.39, 0.29) is 0 Å². The molecule has 0 aromatic rings. The summed E-state index contributed by atoms with van der Waals surface area (Å²) in [6.07, 6.45) is 0. The zero-order valence-electron chi connectivity index (χ0n) is 57.0. The van der Waals surface area contributed by atoms with E-state index in [2.05, 4.69) is 651 Å². The Morgan fingerprint density at radius 1 is 0.0446 bits per heavy atom. The molecule has 454 valence electrons. The maximum atomic E-state index is 2.63. The minimum Gasteiger partial charge on any atom is -0.0925 e. The van der Waals surface area contributed by atoms with Gasteiger partial charge in [0.1, 0.15) is 0 Å². The molecule has 0 aromatic heterocycles. The summed E-state index contributed by atoms with van der Waals surface area (Å²) in [5, 5.41) is 0. The number of hydrogen-bond donors (Lipinski definition) is 0. The molecule has 0 spiro atoms. The van der Waals surface area contributed by atoms with E-state index >= 15 is 0 Å². The quantitative estimate of drug-likeness (QED) is 0.321. The van der Waals surface area contributed by atoms with Gasteiger partial charge in [-0.2, -0.15) is 0 Å². The van der Waals surface area contributed by atoms with Crippen molar-refractivity contribution in [1.82, 2.24) is 0 Å². The molecule has 0 unspecified atom stereocenters. The average Bonchev–Trinajstić information content (AvgIpc) is 3.05. The first-order valence-corrected chi connectivity index (χ1v) is 28.2. The summed E-state index contributed by atoms with van der Waals surface area (Å²) in [6, 6.07) is 0. The van der Waals surface area contributed by atoms with E-state index in [1.165, 1.54) is 0 Å². The molecule has 112 heavy (non-hydrogen) atoms. The summed E-state index contributed by atoms with van der Waals surface area (Å²) >= 11 is 0. The lowest BCUT2D eigenvalue weighted by molar-refractivity contribution is 1.92. The lowest BCUT2D eigenvalue weighted by atomic mass is 10.4. The highest BCUT2D eigenvalue weighted by atomic mass is 13.7. The molecule has 0 heteroatoms. The van der Waals surface area contributed by atoms with Crippen molar-refractivity contribution >= 4 is 0 Å². The van der Waals surface area contributed by atoms with Gasteiger partial charge in [0.2, 0.25) is 0 Å². The standard InChI is InChI=1S/C112H6/c1-3-5-7-9-11-13-15-17-19-21-23-25-27-29-31-33-35-37-39-41-43-45-47-49-51-53-55-57-59-61-63-65-67-69-71-73-75-77-79-81-83-85-87-89-91-93-95-97-99-101-103-105-107-109-111-112-110-108-106-104-102-100-98-96-94-92-90-88-86-84-82-80-78-76-74-72-70-68-66-64-62-60-58-56-54-52-50-48-46-44-42-40-38-36-34-32-30-28-26-24-22-20-18-16-14-12-10-8-6-4-2/h1-2H3. The van der Waals surface area contributed by atoms with E-state index < -0.39 is 0 Å². The van der Waals surface area contributed by atoms with Crippen LogP contribution >= 0.6 is 0 Å². The lowest BCUT2D eigenvalue weighted by Crippen LogP contribution is -1.57. The molecule has 0 aromatic carbocycles. The van der Waals surface area contributed by atoms with Crippen molar-refractivity contribution < 1.29 is 0 Å². The van der Waals surface area contributed by atoms with E-state index in [0.29, 0.717) is 0 Å². The van der Waals surface area contributed by atoms with Crippen LogP contribution in [0.4, 0.5) is 0 Å². The first-order chi connectivity index (χ1) is 55.9. The SMILES string of the molecule is CC#CC#CC#CC#CC#CC#CC#CC#CC#CC#CC#CC#CC#CC#CC#CC#CC#CC#CC#CC#CC#CC#CC#CC#CC#CC#CC#CC#CC#CC#CC#CC#CC#CC#CC#CC#CC#CC#CC#CC#CC#CC#CC#CC#CC#CC#CC#CC#CC#CC#CC#CC#CC#CC#CC#CC. The van der Waals surface area contributed by atoms with Crippen LogP contribution in [0.3, 0.4) is 0 Å².